The van der Waals surface area contributed by atoms with Crippen LogP contribution in [0.2, 0.25) is 0 Å². The highest BCUT2D eigenvalue weighted by Gasteiger charge is 2.21. The summed E-state index contributed by atoms with van der Waals surface area (Å²) in [5.74, 6) is 0.880. The van der Waals surface area contributed by atoms with E-state index in [0.717, 1.165) is 11.1 Å². The minimum absolute atomic E-state index is 0.0932. The van der Waals surface area contributed by atoms with Gasteiger partial charge in [0.15, 0.2) is 0 Å². The predicted molar refractivity (Wildman–Crippen MR) is 202 cm³/mol. The van der Waals surface area contributed by atoms with Crippen molar-refractivity contribution in [3.05, 3.63) is 59.7 Å². The Labute approximate surface area is 314 Å². The molecule has 2 rings (SSSR count). The van der Waals surface area contributed by atoms with Gasteiger partial charge in [-0.05, 0) is 104 Å². The van der Waals surface area contributed by atoms with Crippen LogP contribution < -0.4 is 9.47 Å². The van der Waals surface area contributed by atoms with Crippen LogP contribution in [0.4, 0.5) is 19.2 Å². The lowest BCUT2D eigenvalue weighted by molar-refractivity contribution is 0.0284. The molecule has 0 bridgehead atoms. The number of carbonyl (C=O) groups excluding carboxylic acids is 4. The van der Waals surface area contributed by atoms with E-state index >= 15 is 0 Å². The minimum atomic E-state index is -0.565. The fourth-order valence-corrected chi connectivity index (χ4v) is 4.25. The van der Waals surface area contributed by atoms with E-state index in [-0.39, 0.29) is 17.6 Å². The molecular formula is C38H59ClN4O9. The van der Waals surface area contributed by atoms with Crippen LogP contribution in [-0.2, 0) is 9.47 Å². The Hall–Kier alpha value is -4.23. The fourth-order valence-electron chi connectivity index (χ4n) is 4.11. The molecule has 292 valence electrons. The van der Waals surface area contributed by atoms with Crippen molar-refractivity contribution in [2.75, 3.05) is 54.4 Å². The van der Waals surface area contributed by atoms with E-state index in [0.29, 0.717) is 50.5 Å². The Balaban J connectivity index is 0.000000520. The summed E-state index contributed by atoms with van der Waals surface area (Å²) in [6, 6.07) is 13.8. The number of aliphatic hydroxyl groups is 1. The molecule has 1 N–H and O–H groups in total. The van der Waals surface area contributed by atoms with E-state index in [4.69, 9.17) is 30.5 Å². The Morgan fingerprint density at radius 1 is 0.577 bits per heavy atom. The second kappa shape index (κ2) is 21.3. The lowest BCUT2D eigenvalue weighted by Gasteiger charge is -2.25. The van der Waals surface area contributed by atoms with Gasteiger partial charge in [0.1, 0.15) is 22.7 Å². The van der Waals surface area contributed by atoms with Crippen molar-refractivity contribution in [2.24, 2.45) is 0 Å². The molecule has 0 aromatic heterocycles. The van der Waals surface area contributed by atoms with Gasteiger partial charge < -0.3 is 43.7 Å². The molecule has 2 unspecified atom stereocenters. The normalized spacial score (nSPS) is 12.3. The standard InChI is InChI=1S/C19H29ClN2O4.C19H30N2O5/c1-14(20)15-8-10-16(11-9-15)25-17(23)21(5)12-7-13-22(6)18(24)26-19(2,3)4;1-14(22)15-8-10-16(11-9-15)25-17(23)20(5)12-7-13-21(6)18(24)26-19(2,3)4/h8-11,14H,7,12-13H2,1-6H3;8-11,14,22H,7,12-13H2,1-6H3. The molecule has 13 nitrogen and oxygen atoms in total. The van der Waals surface area contributed by atoms with Crippen LogP contribution in [0.25, 0.3) is 0 Å². The van der Waals surface area contributed by atoms with Crippen molar-refractivity contribution in [1.82, 2.24) is 19.6 Å². The highest BCUT2D eigenvalue weighted by Crippen LogP contribution is 2.22. The molecule has 0 saturated carbocycles. The maximum atomic E-state index is 12.1. The molecule has 0 fully saturated rings. The highest BCUT2D eigenvalue weighted by atomic mass is 35.5. The first-order valence-corrected chi connectivity index (χ1v) is 17.7. The number of nitrogens with zero attached hydrogens (tertiary/aromatic N) is 4. The van der Waals surface area contributed by atoms with Gasteiger partial charge in [0.25, 0.3) is 0 Å². The Morgan fingerprint density at radius 3 is 1.13 bits per heavy atom. The first kappa shape index (κ1) is 45.8. The monoisotopic (exact) mass is 750 g/mol. The van der Waals surface area contributed by atoms with Crippen molar-refractivity contribution >= 4 is 36.0 Å². The van der Waals surface area contributed by atoms with Crippen molar-refractivity contribution in [2.45, 2.75) is 90.9 Å². The van der Waals surface area contributed by atoms with E-state index in [9.17, 15) is 24.3 Å². The molecule has 0 aliphatic rings. The van der Waals surface area contributed by atoms with Gasteiger partial charge in [-0.2, -0.15) is 0 Å². The molecule has 0 aliphatic heterocycles. The largest absolute Gasteiger partial charge is 0.444 e. The van der Waals surface area contributed by atoms with Crippen LogP contribution in [0, 0.1) is 0 Å². The van der Waals surface area contributed by atoms with E-state index < -0.39 is 29.5 Å². The van der Waals surface area contributed by atoms with Gasteiger partial charge in [-0.25, -0.2) is 19.2 Å². The summed E-state index contributed by atoms with van der Waals surface area (Å²) < 4.78 is 21.2. The predicted octanol–water partition coefficient (Wildman–Crippen LogP) is 8.10. The molecule has 2 aromatic carbocycles. The topological polar surface area (TPSA) is 138 Å². The van der Waals surface area contributed by atoms with E-state index in [1.807, 2.05) is 60.6 Å². The van der Waals surface area contributed by atoms with Crippen LogP contribution in [0.15, 0.2) is 48.5 Å². The first-order chi connectivity index (χ1) is 24.0. The summed E-state index contributed by atoms with van der Waals surface area (Å²) in [6.45, 7) is 16.3. The second-order valence-electron chi connectivity index (χ2n) is 14.5. The summed E-state index contributed by atoms with van der Waals surface area (Å²) >= 11 is 6.00. The van der Waals surface area contributed by atoms with E-state index in [1.54, 1.807) is 71.5 Å². The van der Waals surface area contributed by atoms with Crippen molar-refractivity contribution in [3.63, 3.8) is 0 Å². The Morgan fingerprint density at radius 2 is 0.865 bits per heavy atom. The molecule has 0 spiro atoms. The van der Waals surface area contributed by atoms with Crippen LogP contribution in [0.1, 0.15) is 90.8 Å². The van der Waals surface area contributed by atoms with Crippen LogP contribution >= 0.6 is 11.6 Å². The van der Waals surface area contributed by atoms with Crippen LogP contribution in [-0.4, -0.2) is 115 Å². The molecule has 0 aliphatic carbocycles. The van der Waals surface area contributed by atoms with E-state index in [2.05, 4.69) is 0 Å². The fraction of sp³-hybridized carbons (Fsp3) is 0.579. The van der Waals surface area contributed by atoms with Gasteiger partial charge >= 0.3 is 24.4 Å². The zero-order valence-electron chi connectivity index (χ0n) is 32.9. The lowest BCUT2D eigenvalue weighted by Crippen LogP contribution is -2.37. The summed E-state index contributed by atoms with van der Waals surface area (Å²) in [7, 11) is 6.63. The number of ether oxygens (including phenoxy) is 4. The van der Waals surface area contributed by atoms with E-state index in [1.165, 1.54) is 19.6 Å². The number of amides is 4. The van der Waals surface area contributed by atoms with Gasteiger partial charge in [0.2, 0.25) is 0 Å². The van der Waals surface area contributed by atoms with Gasteiger partial charge in [-0.3, -0.25) is 0 Å². The van der Waals surface area contributed by atoms with Gasteiger partial charge in [-0.15, -0.1) is 11.6 Å². The summed E-state index contributed by atoms with van der Waals surface area (Å²) in [5.41, 5.74) is 0.659. The molecule has 4 amide bonds. The molecular weight excluding hydrogens is 692 g/mol. The number of hydrogen-bond donors (Lipinski definition) is 1. The van der Waals surface area contributed by atoms with Crippen LogP contribution in [0.5, 0.6) is 11.5 Å². The van der Waals surface area contributed by atoms with Crippen molar-refractivity contribution in [1.29, 1.82) is 0 Å². The number of alkyl halides is 1. The number of carbonyl (C=O) groups is 4. The quantitative estimate of drug-likeness (QED) is 0.213. The first-order valence-electron chi connectivity index (χ1n) is 17.2. The molecule has 0 saturated heterocycles. The van der Waals surface area contributed by atoms with Gasteiger partial charge in [0, 0.05) is 54.4 Å². The number of aliphatic hydroxyl groups excluding tert-OH is 1. The molecule has 0 heterocycles. The molecule has 14 heteroatoms. The summed E-state index contributed by atoms with van der Waals surface area (Å²) in [6.07, 6.45) is -1.04. The lowest BCUT2D eigenvalue weighted by atomic mass is 10.1. The number of rotatable bonds is 12. The Kier molecular flexibility index (Phi) is 18.8. The smallest absolute Gasteiger partial charge is 0.414 e. The average molecular weight is 751 g/mol. The Bertz CT molecular complexity index is 1300. The summed E-state index contributed by atoms with van der Waals surface area (Å²) in [5, 5.41) is 9.38. The average Bonchev–Trinajstić information content (AvgIpc) is 3.03. The third-order valence-electron chi connectivity index (χ3n) is 7.12. The number of hydrogen-bond acceptors (Lipinski definition) is 9. The van der Waals surface area contributed by atoms with Gasteiger partial charge in [-0.1, -0.05) is 24.3 Å². The zero-order chi connectivity index (χ0) is 39.8. The summed E-state index contributed by atoms with van der Waals surface area (Å²) in [4.78, 5) is 53.8. The number of halogens is 1. The maximum Gasteiger partial charge on any atom is 0.414 e. The van der Waals surface area contributed by atoms with Crippen molar-refractivity contribution < 1.29 is 43.2 Å². The molecule has 2 aromatic rings. The van der Waals surface area contributed by atoms with Gasteiger partial charge in [0.05, 0.1) is 11.5 Å². The zero-order valence-corrected chi connectivity index (χ0v) is 33.7. The minimum Gasteiger partial charge on any atom is -0.444 e. The maximum absolute atomic E-state index is 12.1. The molecule has 2 atom stereocenters. The van der Waals surface area contributed by atoms with Crippen LogP contribution in [0.3, 0.4) is 0 Å². The molecule has 0 radical (unpaired) electrons. The third kappa shape index (κ3) is 18.8. The van der Waals surface area contributed by atoms with Crippen molar-refractivity contribution in [3.8, 4) is 11.5 Å². The number of benzene rings is 2. The molecule has 52 heavy (non-hydrogen) atoms. The highest BCUT2D eigenvalue weighted by molar-refractivity contribution is 6.20. The SMILES string of the molecule is CC(Cl)c1ccc(OC(=O)N(C)CCCN(C)C(=O)OC(C)(C)C)cc1.CC(O)c1ccc(OC(=O)N(C)CCCN(C)C(=O)OC(C)(C)C)cc1. The second-order valence-corrected chi connectivity index (χ2v) is 15.2. The third-order valence-corrected chi connectivity index (χ3v) is 7.37.